The maximum atomic E-state index is 13.0. The molecule has 0 aliphatic heterocycles. The molecular formula is C34H45NO7. The number of aliphatic hydroxyl groups is 1. The number of esters is 2. The van der Waals surface area contributed by atoms with Gasteiger partial charge in [-0.3, -0.25) is 14.4 Å². The van der Waals surface area contributed by atoms with Crippen LogP contribution in [0.1, 0.15) is 96.6 Å². The Morgan fingerprint density at radius 3 is 2.50 bits per heavy atom. The lowest BCUT2D eigenvalue weighted by Gasteiger charge is -2.57. The molecule has 1 aromatic carbocycles. The maximum absolute atomic E-state index is 13.0. The number of hydrogen-bond acceptors (Lipinski definition) is 7. The first kappa shape index (κ1) is 30.5. The van der Waals surface area contributed by atoms with Crippen molar-refractivity contribution in [3.63, 3.8) is 0 Å². The van der Waals surface area contributed by atoms with E-state index < -0.39 is 30.0 Å². The largest absolute Gasteiger partial charge is 0.464 e. The van der Waals surface area contributed by atoms with Gasteiger partial charge in [0.15, 0.2) is 11.8 Å². The molecule has 8 nitrogen and oxygen atoms in total. The Kier molecular flexibility index (Phi) is 8.93. The van der Waals surface area contributed by atoms with Crippen LogP contribution in [0, 0.1) is 28.6 Å². The number of carbonyl (C=O) groups excluding carboxylic acids is 4. The van der Waals surface area contributed by atoms with Crippen LogP contribution >= 0.6 is 0 Å². The first-order chi connectivity index (χ1) is 20.1. The van der Waals surface area contributed by atoms with Crippen molar-refractivity contribution in [2.75, 3.05) is 6.61 Å². The molecule has 228 valence electrons. The van der Waals surface area contributed by atoms with Crippen molar-refractivity contribution in [2.24, 2.45) is 28.6 Å². The summed E-state index contributed by atoms with van der Waals surface area (Å²) in [5, 5.41) is 13.3. The number of amides is 1. The number of benzene rings is 1. The van der Waals surface area contributed by atoms with E-state index in [2.05, 4.69) is 19.2 Å². The fourth-order valence-electron chi connectivity index (χ4n) is 8.73. The van der Waals surface area contributed by atoms with Crippen LogP contribution in [0.15, 0.2) is 42.0 Å². The molecule has 3 fully saturated rings. The number of carbonyl (C=O) groups is 4. The molecule has 1 amide bonds. The standard InChI is InChI=1S/C34H45NO7/c1-4-41-32(40)30(31(39)21-8-6-5-7-9-21)35-28(37)14-15-29(38)42-27-13-12-25-24-11-10-22-20-23(36)16-18-33(22,2)26(24)17-19-34(25,27)3/h5-9,20,24-27,30-31,39H,4,10-19H2,1-3H3,(H,35,37)/t24-,25-,26-,27?,30?,31?,33-,34-/m0/s1. The second kappa shape index (κ2) is 12.3. The van der Waals surface area contributed by atoms with Gasteiger partial charge in [-0.25, -0.2) is 4.79 Å². The number of fused-ring (bicyclic) bond motifs is 5. The summed E-state index contributed by atoms with van der Waals surface area (Å²) in [7, 11) is 0. The molecular weight excluding hydrogens is 534 g/mol. The number of ketones is 1. The molecule has 8 atom stereocenters. The summed E-state index contributed by atoms with van der Waals surface area (Å²) in [6.07, 6.45) is 7.81. The number of rotatable bonds is 9. The normalized spacial score (nSPS) is 33.2. The minimum absolute atomic E-state index is 0.0874. The summed E-state index contributed by atoms with van der Waals surface area (Å²) in [5.41, 5.74) is 1.85. The second-order valence-corrected chi connectivity index (χ2v) is 13.2. The van der Waals surface area contributed by atoms with E-state index in [1.165, 1.54) is 5.57 Å². The molecule has 0 spiro atoms. The number of nitrogens with one attached hydrogen (secondary N) is 1. The Hall–Kier alpha value is -3.00. The van der Waals surface area contributed by atoms with Gasteiger partial charge in [-0.1, -0.05) is 49.8 Å². The quantitative estimate of drug-likeness (QED) is 0.396. The lowest BCUT2D eigenvalue weighted by atomic mass is 9.47. The lowest BCUT2D eigenvalue weighted by molar-refractivity contribution is -0.160. The minimum Gasteiger partial charge on any atom is -0.464 e. The summed E-state index contributed by atoms with van der Waals surface area (Å²) in [6.45, 7) is 6.41. The highest BCUT2D eigenvalue weighted by molar-refractivity contribution is 5.91. The molecule has 0 radical (unpaired) electrons. The zero-order chi connectivity index (χ0) is 30.1. The molecule has 4 aliphatic rings. The first-order valence-electron chi connectivity index (χ1n) is 15.7. The third-order valence-electron chi connectivity index (χ3n) is 11.0. The van der Waals surface area contributed by atoms with E-state index in [-0.39, 0.29) is 42.2 Å². The van der Waals surface area contributed by atoms with Crippen molar-refractivity contribution < 1.29 is 33.8 Å². The Labute approximate surface area is 248 Å². The third-order valence-corrected chi connectivity index (χ3v) is 11.0. The van der Waals surface area contributed by atoms with Crippen molar-refractivity contribution in [2.45, 2.75) is 103 Å². The van der Waals surface area contributed by atoms with Crippen molar-refractivity contribution >= 4 is 23.6 Å². The molecule has 3 saturated carbocycles. The van der Waals surface area contributed by atoms with Gasteiger partial charge in [0.25, 0.3) is 0 Å². The van der Waals surface area contributed by atoms with Crippen molar-refractivity contribution in [1.29, 1.82) is 0 Å². The number of ether oxygens (including phenoxy) is 2. The van der Waals surface area contributed by atoms with E-state index in [0.717, 1.165) is 44.9 Å². The van der Waals surface area contributed by atoms with E-state index >= 15 is 0 Å². The van der Waals surface area contributed by atoms with Crippen molar-refractivity contribution in [3.8, 4) is 0 Å². The van der Waals surface area contributed by atoms with E-state index in [0.29, 0.717) is 29.7 Å². The van der Waals surface area contributed by atoms with Crippen LogP contribution < -0.4 is 5.32 Å². The highest BCUT2D eigenvalue weighted by atomic mass is 16.5. The molecule has 0 bridgehead atoms. The average Bonchev–Trinajstić information content (AvgIpc) is 3.31. The van der Waals surface area contributed by atoms with Crippen LogP contribution in [-0.2, 0) is 28.7 Å². The zero-order valence-electron chi connectivity index (χ0n) is 25.1. The van der Waals surface area contributed by atoms with Crippen LogP contribution in [0.3, 0.4) is 0 Å². The summed E-state index contributed by atoms with van der Waals surface area (Å²) in [4.78, 5) is 50.4. The van der Waals surface area contributed by atoms with Crippen LogP contribution in [0.2, 0.25) is 0 Å². The SMILES string of the molecule is CCOC(=O)C(NC(=O)CCC(=O)OC1CC[C@H]2[C@@H]3CCC4=CC(=O)CC[C@]4(C)[C@H]3CC[C@]12C)C(O)c1ccccc1. The Morgan fingerprint density at radius 1 is 1.00 bits per heavy atom. The molecule has 42 heavy (non-hydrogen) atoms. The predicted molar refractivity (Wildman–Crippen MR) is 156 cm³/mol. The van der Waals surface area contributed by atoms with Gasteiger partial charge in [-0.2, -0.15) is 0 Å². The van der Waals surface area contributed by atoms with Gasteiger partial charge < -0.3 is 19.9 Å². The minimum atomic E-state index is -1.28. The van der Waals surface area contributed by atoms with Crippen molar-refractivity contribution in [1.82, 2.24) is 5.32 Å². The molecule has 0 aromatic heterocycles. The van der Waals surface area contributed by atoms with E-state index in [9.17, 15) is 24.3 Å². The van der Waals surface area contributed by atoms with Gasteiger partial charge in [0.2, 0.25) is 5.91 Å². The molecule has 5 rings (SSSR count). The second-order valence-electron chi connectivity index (χ2n) is 13.2. The van der Waals surface area contributed by atoms with Crippen LogP contribution in [0.25, 0.3) is 0 Å². The van der Waals surface area contributed by atoms with Gasteiger partial charge in [-0.15, -0.1) is 0 Å². The van der Waals surface area contributed by atoms with Crippen LogP contribution in [0.5, 0.6) is 0 Å². The van der Waals surface area contributed by atoms with Gasteiger partial charge in [0.1, 0.15) is 12.2 Å². The predicted octanol–water partition coefficient (Wildman–Crippen LogP) is 4.99. The molecule has 0 saturated heterocycles. The highest BCUT2D eigenvalue weighted by Gasteiger charge is 2.60. The molecule has 3 unspecified atom stereocenters. The van der Waals surface area contributed by atoms with Gasteiger partial charge in [-0.05, 0) is 86.7 Å². The maximum Gasteiger partial charge on any atom is 0.331 e. The summed E-state index contributed by atoms with van der Waals surface area (Å²) >= 11 is 0. The van der Waals surface area contributed by atoms with E-state index in [1.54, 1.807) is 37.3 Å². The fourth-order valence-corrected chi connectivity index (χ4v) is 8.73. The van der Waals surface area contributed by atoms with Crippen LogP contribution in [-0.4, -0.2) is 47.5 Å². The molecule has 0 heterocycles. The fraction of sp³-hybridized carbons (Fsp3) is 0.647. The topological polar surface area (TPSA) is 119 Å². The average molecular weight is 580 g/mol. The lowest BCUT2D eigenvalue weighted by Crippen LogP contribution is -2.51. The summed E-state index contributed by atoms with van der Waals surface area (Å²) in [5.74, 6) is 0.225. The number of aliphatic hydroxyl groups excluding tert-OH is 1. The Bertz CT molecular complexity index is 1230. The molecule has 4 aliphatic carbocycles. The first-order valence-corrected chi connectivity index (χ1v) is 15.7. The smallest absolute Gasteiger partial charge is 0.331 e. The Balaban J connectivity index is 1.17. The van der Waals surface area contributed by atoms with Gasteiger partial charge in [0, 0.05) is 18.3 Å². The van der Waals surface area contributed by atoms with Crippen LogP contribution in [0.4, 0.5) is 0 Å². The van der Waals surface area contributed by atoms with E-state index in [1.807, 2.05) is 6.08 Å². The summed E-state index contributed by atoms with van der Waals surface area (Å²) < 4.78 is 11.1. The number of hydrogen-bond donors (Lipinski definition) is 2. The highest BCUT2D eigenvalue weighted by Crippen LogP contribution is 2.65. The van der Waals surface area contributed by atoms with Gasteiger partial charge >= 0.3 is 11.9 Å². The summed E-state index contributed by atoms with van der Waals surface area (Å²) in [6, 6.07) is 7.32. The third kappa shape index (κ3) is 5.79. The number of allylic oxidation sites excluding steroid dienone is 1. The Morgan fingerprint density at radius 2 is 1.76 bits per heavy atom. The molecule has 2 N–H and O–H groups in total. The molecule has 8 heteroatoms. The zero-order valence-corrected chi connectivity index (χ0v) is 25.1. The van der Waals surface area contributed by atoms with Gasteiger partial charge in [0.05, 0.1) is 13.0 Å². The van der Waals surface area contributed by atoms with Crippen molar-refractivity contribution in [3.05, 3.63) is 47.5 Å². The monoisotopic (exact) mass is 579 g/mol. The molecule has 1 aromatic rings. The van der Waals surface area contributed by atoms with E-state index in [4.69, 9.17) is 9.47 Å².